The molecule has 1 aliphatic rings. The molecule has 88 valence electrons. The number of azide groups is 1. The van der Waals surface area contributed by atoms with Gasteiger partial charge in [0.2, 0.25) is 5.88 Å². The molecule has 1 aromatic rings. The van der Waals surface area contributed by atoms with E-state index in [1.54, 1.807) is 23.2 Å². The third-order valence-electron chi connectivity index (χ3n) is 2.56. The number of rotatable bonds is 3. The first kappa shape index (κ1) is 11.2. The van der Waals surface area contributed by atoms with Crippen molar-refractivity contribution in [3.8, 4) is 5.88 Å². The number of ether oxygens (including phenoxy) is 1. The third-order valence-corrected chi connectivity index (χ3v) is 2.56. The summed E-state index contributed by atoms with van der Waals surface area (Å²) in [6, 6.07) is 3.22. The SMILES string of the molecule is COc1ncccc1C(=O)N1CC(N=[N+]=[N-])C1. The van der Waals surface area contributed by atoms with Crippen molar-refractivity contribution in [3.05, 3.63) is 34.3 Å². The molecule has 0 aliphatic carbocycles. The van der Waals surface area contributed by atoms with Crippen LogP contribution in [0, 0.1) is 0 Å². The zero-order valence-electron chi connectivity index (χ0n) is 9.28. The molecule has 1 fully saturated rings. The minimum atomic E-state index is -0.153. The largest absolute Gasteiger partial charge is 0.480 e. The summed E-state index contributed by atoms with van der Waals surface area (Å²) in [6.07, 6.45) is 1.56. The summed E-state index contributed by atoms with van der Waals surface area (Å²) in [5.41, 5.74) is 8.68. The van der Waals surface area contributed by atoms with E-state index in [0.717, 1.165) is 0 Å². The van der Waals surface area contributed by atoms with E-state index in [-0.39, 0.29) is 11.9 Å². The van der Waals surface area contributed by atoms with Crippen LogP contribution in [0.3, 0.4) is 0 Å². The Kier molecular flexibility index (Phi) is 3.11. The Labute approximate surface area is 97.6 Å². The predicted molar refractivity (Wildman–Crippen MR) is 59.6 cm³/mol. The number of aromatic nitrogens is 1. The van der Waals surface area contributed by atoms with E-state index >= 15 is 0 Å². The van der Waals surface area contributed by atoms with E-state index in [9.17, 15) is 4.79 Å². The quantitative estimate of drug-likeness (QED) is 0.446. The third kappa shape index (κ3) is 2.14. The molecule has 1 amide bonds. The molecule has 0 atom stereocenters. The number of carbonyl (C=O) groups excluding carboxylic acids is 1. The van der Waals surface area contributed by atoms with Crippen LogP contribution in [0.4, 0.5) is 0 Å². The maximum absolute atomic E-state index is 12.0. The summed E-state index contributed by atoms with van der Waals surface area (Å²) >= 11 is 0. The lowest BCUT2D eigenvalue weighted by Gasteiger charge is -2.36. The lowest BCUT2D eigenvalue weighted by atomic mass is 10.1. The van der Waals surface area contributed by atoms with Gasteiger partial charge in [-0.15, -0.1) is 0 Å². The molecular weight excluding hydrogens is 222 g/mol. The molecule has 2 heterocycles. The van der Waals surface area contributed by atoms with Crippen LogP contribution in [0.2, 0.25) is 0 Å². The highest BCUT2D eigenvalue weighted by Gasteiger charge is 2.31. The smallest absolute Gasteiger partial charge is 0.259 e. The predicted octanol–water partition coefficient (Wildman–Crippen LogP) is 1.22. The summed E-state index contributed by atoms with van der Waals surface area (Å²) in [5, 5.41) is 3.54. The fourth-order valence-electron chi connectivity index (χ4n) is 1.65. The second-order valence-electron chi connectivity index (χ2n) is 3.63. The van der Waals surface area contributed by atoms with Gasteiger partial charge in [0.25, 0.3) is 5.91 Å². The molecule has 1 aliphatic heterocycles. The Balaban J connectivity index is 2.09. The molecule has 0 spiro atoms. The number of hydrogen-bond donors (Lipinski definition) is 0. The molecule has 1 aromatic heterocycles. The van der Waals surface area contributed by atoms with Crippen LogP contribution in [0.1, 0.15) is 10.4 Å². The number of likely N-dealkylation sites (tertiary alicyclic amines) is 1. The number of methoxy groups -OCH3 is 1. The first-order chi connectivity index (χ1) is 8.26. The second kappa shape index (κ2) is 4.71. The van der Waals surface area contributed by atoms with Crippen LogP contribution in [-0.2, 0) is 0 Å². The molecule has 2 rings (SSSR count). The zero-order chi connectivity index (χ0) is 12.3. The van der Waals surface area contributed by atoms with Crippen molar-refractivity contribution in [2.24, 2.45) is 5.11 Å². The first-order valence-electron chi connectivity index (χ1n) is 5.08. The van der Waals surface area contributed by atoms with Gasteiger partial charge in [0.15, 0.2) is 0 Å². The standard InChI is InChI=1S/C10H11N5O2/c1-17-9-8(3-2-4-12-9)10(16)15-5-7(6-15)13-14-11/h2-4,7H,5-6H2,1H3. The zero-order valence-corrected chi connectivity index (χ0v) is 9.28. The van der Waals surface area contributed by atoms with Gasteiger partial charge in [0.1, 0.15) is 5.56 Å². The highest BCUT2D eigenvalue weighted by atomic mass is 16.5. The number of carbonyl (C=O) groups is 1. The lowest BCUT2D eigenvalue weighted by Crippen LogP contribution is -2.52. The normalized spacial score (nSPS) is 14.8. The Bertz CT molecular complexity index is 477. The molecule has 0 unspecified atom stereocenters. The van der Waals surface area contributed by atoms with Crippen molar-refractivity contribution in [2.45, 2.75) is 6.04 Å². The van der Waals surface area contributed by atoms with Crippen LogP contribution < -0.4 is 4.74 Å². The van der Waals surface area contributed by atoms with E-state index in [1.165, 1.54) is 7.11 Å². The van der Waals surface area contributed by atoms with Gasteiger partial charge in [-0.25, -0.2) is 4.98 Å². The molecule has 0 saturated carbocycles. The Morgan fingerprint density at radius 1 is 1.71 bits per heavy atom. The molecule has 0 N–H and O–H groups in total. The number of pyridine rings is 1. The Hall–Kier alpha value is -2.27. The number of nitrogens with zero attached hydrogens (tertiary/aromatic N) is 5. The highest BCUT2D eigenvalue weighted by molar-refractivity contribution is 5.96. The van der Waals surface area contributed by atoms with E-state index in [0.29, 0.717) is 24.5 Å². The molecule has 17 heavy (non-hydrogen) atoms. The fourth-order valence-corrected chi connectivity index (χ4v) is 1.65. The van der Waals surface area contributed by atoms with Crippen LogP contribution in [0.25, 0.3) is 10.4 Å². The Morgan fingerprint density at radius 3 is 3.12 bits per heavy atom. The molecule has 7 nitrogen and oxygen atoms in total. The van der Waals surface area contributed by atoms with Gasteiger partial charge in [-0.05, 0) is 17.7 Å². The maximum atomic E-state index is 12.0. The molecular formula is C10H11N5O2. The van der Waals surface area contributed by atoms with Crippen molar-refractivity contribution in [2.75, 3.05) is 20.2 Å². The topological polar surface area (TPSA) is 91.2 Å². The van der Waals surface area contributed by atoms with Gasteiger partial charge >= 0.3 is 0 Å². The summed E-state index contributed by atoms with van der Waals surface area (Å²) < 4.78 is 5.02. The maximum Gasteiger partial charge on any atom is 0.259 e. The van der Waals surface area contributed by atoms with Crippen molar-refractivity contribution in [1.82, 2.24) is 9.88 Å². The van der Waals surface area contributed by atoms with Crippen molar-refractivity contribution >= 4 is 5.91 Å². The lowest BCUT2D eigenvalue weighted by molar-refractivity contribution is 0.0604. The molecule has 0 bridgehead atoms. The molecule has 7 heteroatoms. The monoisotopic (exact) mass is 233 g/mol. The van der Waals surface area contributed by atoms with Gasteiger partial charge in [0, 0.05) is 24.2 Å². The minimum Gasteiger partial charge on any atom is -0.480 e. The van der Waals surface area contributed by atoms with E-state index < -0.39 is 0 Å². The summed E-state index contributed by atoms with van der Waals surface area (Å²) in [7, 11) is 1.47. The Morgan fingerprint density at radius 2 is 2.47 bits per heavy atom. The van der Waals surface area contributed by atoms with Crippen molar-refractivity contribution in [3.63, 3.8) is 0 Å². The summed E-state index contributed by atoms with van der Waals surface area (Å²) in [5.74, 6) is 0.157. The molecule has 0 radical (unpaired) electrons. The molecule has 0 aromatic carbocycles. The van der Waals surface area contributed by atoms with Gasteiger partial charge in [-0.1, -0.05) is 5.11 Å². The summed E-state index contributed by atoms with van der Waals surface area (Å²) in [6.45, 7) is 0.891. The highest BCUT2D eigenvalue weighted by Crippen LogP contribution is 2.20. The van der Waals surface area contributed by atoms with Gasteiger partial charge < -0.3 is 9.64 Å². The van der Waals surface area contributed by atoms with Gasteiger partial charge in [-0.2, -0.15) is 0 Å². The van der Waals surface area contributed by atoms with Crippen molar-refractivity contribution in [1.29, 1.82) is 0 Å². The second-order valence-corrected chi connectivity index (χ2v) is 3.63. The van der Waals surface area contributed by atoms with Gasteiger partial charge in [-0.3, -0.25) is 4.79 Å². The van der Waals surface area contributed by atoms with E-state index in [4.69, 9.17) is 10.3 Å². The van der Waals surface area contributed by atoms with Crippen LogP contribution in [-0.4, -0.2) is 42.0 Å². The minimum absolute atomic E-state index is 0.119. The molecule has 1 saturated heterocycles. The number of amides is 1. The average Bonchev–Trinajstić information content (AvgIpc) is 2.32. The van der Waals surface area contributed by atoms with Crippen LogP contribution >= 0.6 is 0 Å². The first-order valence-corrected chi connectivity index (χ1v) is 5.08. The van der Waals surface area contributed by atoms with E-state index in [1.807, 2.05) is 0 Å². The average molecular weight is 233 g/mol. The summed E-state index contributed by atoms with van der Waals surface area (Å²) in [4.78, 5) is 20.3. The van der Waals surface area contributed by atoms with Gasteiger partial charge in [0.05, 0.1) is 13.2 Å². The van der Waals surface area contributed by atoms with Crippen molar-refractivity contribution < 1.29 is 9.53 Å². The fraction of sp³-hybridized carbons (Fsp3) is 0.400. The van der Waals surface area contributed by atoms with E-state index in [2.05, 4.69) is 15.0 Å². The van der Waals surface area contributed by atoms with Crippen LogP contribution in [0.15, 0.2) is 23.4 Å². The number of hydrogen-bond acceptors (Lipinski definition) is 4. The van der Waals surface area contributed by atoms with Crippen LogP contribution in [0.5, 0.6) is 5.88 Å².